The number of hydrogen-bond donors (Lipinski definition) is 1. The lowest BCUT2D eigenvalue weighted by Gasteiger charge is -2.25. The summed E-state index contributed by atoms with van der Waals surface area (Å²) in [6.45, 7) is 1.32. The van der Waals surface area contributed by atoms with Crippen molar-refractivity contribution in [1.29, 1.82) is 0 Å². The largest absolute Gasteiger partial charge is 0.455 e. The van der Waals surface area contributed by atoms with Crippen LogP contribution < -0.4 is 9.62 Å². The number of rotatable bonds is 6. The van der Waals surface area contributed by atoms with Crippen LogP contribution in [0.25, 0.3) is 22.3 Å². The van der Waals surface area contributed by atoms with E-state index in [2.05, 4.69) is 5.32 Å². The highest BCUT2D eigenvalue weighted by Crippen LogP contribution is 2.42. The molecule has 0 radical (unpaired) electrons. The second kappa shape index (κ2) is 10.5. The maximum absolute atomic E-state index is 13.6. The van der Waals surface area contributed by atoms with Gasteiger partial charge in [0, 0.05) is 29.6 Å². The Morgan fingerprint density at radius 1 is 1.00 bits per heavy atom. The maximum atomic E-state index is 13.6. The number of halogens is 2. The van der Waals surface area contributed by atoms with E-state index in [1.807, 2.05) is 0 Å². The molecular formula is C28H26F2N2O7S2. The lowest BCUT2D eigenvalue weighted by atomic mass is 10.0. The zero-order valence-corrected chi connectivity index (χ0v) is 23.9. The van der Waals surface area contributed by atoms with Gasteiger partial charge in [0.15, 0.2) is 9.84 Å². The number of nitrogens with zero attached hydrogens (tertiary/aromatic N) is 1. The second-order valence-corrected chi connectivity index (χ2v) is 13.7. The van der Waals surface area contributed by atoms with Crippen LogP contribution in [0, 0.1) is 11.6 Å². The van der Waals surface area contributed by atoms with Crippen molar-refractivity contribution < 1.29 is 39.6 Å². The number of carbonyl (C=O) groups excluding carboxylic acids is 1. The third-order valence-corrected chi connectivity index (χ3v) is 9.80. The maximum Gasteiger partial charge on any atom is 0.255 e. The van der Waals surface area contributed by atoms with E-state index in [1.165, 1.54) is 37.4 Å². The van der Waals surface area contributed by atoms with Crippen molar-refractivity contribution in [3.8, 4) is 11.3 Å². The molecule has 13 heteroatoms. The highest BCUT2D eigenvalue weighted by molar-refractivity contribution is 7.92. The van der Waals surface area contributed by atoms with Crippen LogP contribution in [0.5, 0.6) is 0 Å². The molecule has 2 heterocycles. The molecule has 3 aromatic carbocycles. The zero-order valence-electron chi connectivity index (χ0n) is 22.2. The van der Waals surface area contributed by atoms with E-state index in [4.69, 9.17) is 9.15 Å². The van der Waals surface area contributed by atoms with E-state index in [-0.39, 0.29) is 34.0 Å². The Kier molecular flexibility index (Phi) is 7.38. The molecule has 0 saturated heterocycles. The molecule has 1 N–H and O–H groups in total. The van der Waals surface area contributed by atoms with Gasteiger partial charge in [-0.15, -0.1) is 0 Å². The highest BCUT2D eigenvalue weighted by Gasteiger charge is 2.36. The van der Waals surface area contributed by atoms with Crippen LogP contribution in [0.3, 0.4) is 0 Å². The van der Waals surface area contributed by atoms with Gasteiger partial charge in [-0.2, -0.15) is 0 Å². The average molecular weight is 605 g/mol. The van der Waals surface area contributed by atoms with E-state index in [0.29, 0.717) is 16.5 Å². The van der Waals surface area contributed by atoms with E-state index in [1.54, 1.807) is 13.0 Å². The predicted octanol–water partition coefficient (Wildman–Crippen LogP) is 4.44. The quantitative estimate of drug-likeness (QED) is 0.323. The molecule has 1 aromatic heterocycles. The van der Waals surface area contributed by atoms with Crippen LogP contribution in [-0.2, 0) is 24.6 Å². The number of fused-ring (bicyclic) bond motifs is 2. The minimum atomic E-state index is -3.97. The van der Waals surface area contributed by atoms with Crippen LogP contribution in [-0.4, -0.2) is 54.4 Å². The minimum absolute atomic E-state index is 0.121. The molecule has 0 fully saturated rings. The third kappa shape index (κ3) is 5.56. The molecule has 0 bridgehead atoms. The molecule has 1 amide bonds. The first-order valence-corrected chi connectivity index (χ1v) is 16.0. The topological polar surface area (TPSA) is 123 Å². The molecule has 0 spiro atoms. The lowest BCUT2D eigenvalue weighted by molar-refractivity contribution is 0.0193. The summed E-state index contributed by atoms with van der Waals surface area (Å²) in [4.78, 5) is 12.9. The van der Waals surface area contributed by atoms with Crippen molar-refractivity contribution in [2.75, 3.05) is 29.9 Å². The van der Waals surface area contributed by atoms with Crippen LogP contribution in [0.1, 0.15) is 28.9 Å². The van der Waals surface area contributed by atoms with Gasteiger partial charge in [0.2, 0.25) is 10.0 Å². The second-order valence-electron chi connectivity index (χ2n) is 9.73. The van der Waals surface area contributed by atoms with Crippen LogP contribution in [0.2, 0.25) is 0 Å². The average Bonchev–Trinajstić information content (AvgIpc) is 3.22. The van der Waals surface area contributed by atoms with Crippen molar-refractivity contribution in [3.63, 3.8) is 0 Å². The van der Waals surface area contributed by atoms with Crippen molar-refractivity contribution in [2.45, 2.75) is 24.0 Å². The first-order valence-electron chi connectivity index (χ1n) is 12.5. The van der Waals surface area contributed by atoms with Crippen molar-refractivity contribution in [3.05, 3.63) is 83.4 Å². The molecule has 5 rings (SSSR count). The normalized spacial score (nSPS) is 17.7. The van der Waals surface area contributed by atoms with Gasteiger partial charge in [-0.05, 0) is 61.5 Å². The van der Waals surface area contributed by atoms with Crippen molar-refractivity contribution >= 4 is 42.4 Å². The van der Waals surface area contributed by atoms with Crippen LogP contribution in [0.15, 0.2) is 70.0 Å². The number of carbonyl (C=O) groups is 1. The first kappa shape index (κ1) is 28.7. The van der Waals surface area contributed by atoms with Gasteiger partial charge >= 0.3 is 0 Å². The fourth-order valence-corrected chi connectivity index (χ4v) is 7.29. The van der Waals surface area contributed by atoms with Crippen LogP contribution >= 0.6 is 0 Å². The summed E-state index contributed by atoms with van der Waals surface area (Å²) >= 11 is 0. The van der Waals surface area contributed by atoms with E-state index < -0.39 is 55.4 Å². The van der Waals surface area contributed by atoms with Crippen molar-refractivity contribution in [1.82, 2.24) is 5.32 Å². The number of furan rings is 1. The predicted molar refractivity (Wildman–Crippen MR) is 149 cm³/mol. The molecule has 4 aromatic rings. The fraction of sp³-hybridized carbons (Fsp3) is 0.250. The Morgan fingerprint density at radius 3 is 2.20 bits per heavy atom. The van der Waals surface area contributed by atoms with Gasteiger partial charge in [-0.3, -0.25) is 9.10 Å². The highest BCUT2D eigenvalue weighted by atomic mass is 32.2. The summed E-state index contributed by atoms with van der Waals surface area (Å²) in [5, 5.41) is 2.93. The molecule has 2 atom stereocenters. The Labute approximate surface area is 235 Å². The molecule has 0 unspecified atom stereocenters. The molecule has 9 nitrogen and oxygen atoms in total. The Morgan fingerprint density at radius 2 is 1.61 bits per heavy atom. The Hall–Kier alpha value is -3.81. The van der Waals surface area contributed by atoms with E-state index in [9.17, 15) is 30.4 Å². The molecular weight excluding hydrogens is 578 g/mol. The van der Waals surface area contributed by atoms with Gasteiger partial charge < -0.3 is 14.5 Å². The first-order chi connectivity index (χ1) is 19.3. The number of anilines is 1. The lowest BCUT2D eigenvalue weighted by Crippen LogP contribution is -2.39. The number of sulfonamides is 1. The van der Waals surface area contributed by atoms with Gasteiger partial charge in [0.05, 0.1) is 46.9 Å². The SMILES string of the molecule is CNC(=O)c1c(-c2ccc(F)cc2)oc2cc3c(cc12)[C@H](C)O[C@H](CS(=O)(=O)c1ccc(F)cc1)CN3S(C)(=O)=O. The minimum Gasteiger partial charge on any atom is -0.455 e. The Balaban J connectivity index is 1.63. The molecule has 0 saturated carbocycles. The summed E-state index contributed by atoms with van der Waals surface area (Å²) in [5.41, 5.74) is 1.39. The molecule has 1 aliphatic heterocycles. The van der Waals surface area contributed by atoms with E-state index >= 15 is 0 Å². The fourth-order valence-electron chi connectivity index (χ4n) is 4.92. The molecule has 0 aliphatic carbocycles. The third-order valence-electron chi connectivity index (χ3n) is 6.85. The molecule has 1 aliphatic rings. The summed E-state index contributed by atoms with van der Waals surface area (Å²) < 4.78 is 92.3. The number of benzene rings is 3. The Bertz CT molecular complexity index is 1850. The number of hydrogen-bond acceptors (Lipinski definition) is 7. The van der Waals surface area contributed by atoms with Crippen LogP contribution in [0.4, 0.5) is 14.5 Å². The van der Waals surface area contributed by atoms with Gasteiger partial charge in [0.1, 0.15) is 23.0 Å². The summed E-state index contributed by atoms with van der Waals surface area (Å²) in [5.74, 6) is -1.93. The van der Waals surface area contributed by atoms with E-state index in [0.717, 1.165) is 34.8 Å². The smallest absolute Gasteiger partial charge is 0.255 e. The molecule has 41 heavy (non-hydrogen) atoms. The number of ether oxygens (including phenoxy) is 1. The van der Waals surface area contributed by atoms with Gasteiger partial charge in [0.25, 0.3) is 5.91 Å². The monoisotopic (exact) mass is 604 g/mol. The standard InChI is InChI=1S/C28H26F2N2O7S2/c1-16-22-12-23-25(39-27(26(23)28(33)31-2)17-4-6-18(29)7-5-17)13-24(22)32(40(3,34)35)14-20(38-16)15-41(36,37)21-10-8-19(30)9-11-21/h4-13,16,20H,14-15H2,1-3H3,(H,31,33)/t16-,20-/m0/s1. The summed E-state index contributed by atoms with van der Waals surface area (Å²) in [6.07, 6.45) is -0.886. The van der Waals surface area contributed by atoms with Gasteiger partial charge in [-0.25, -0.2) is 25.6 Å². The summed E-state index contributed by atoms with van der Waals surface area (Å²) in [7, 11) is -6.47. The van der Waals surface area contributed by atoms with Crippen molar-refractivity contribution in [2.24, 2.45) is 0 Å². The summed E-state index contributed by atoms with van der Waals surface area (Å²) in [6, 6.07) is 12.8. The van der Waals surface area contributed by atoms with Gasteiger partial charge in [-0.1, -0.05) is 0 Å². The number of sulfone groups is 1. The molecule has 216 valence electrons. The number of nitrogens with one attached hydrogen (secondary N) is 1. The zero-order chi connectivity index (χ0) is 29.7. The number of amides is 1.